The van der Waals surface area contributed by atoms with Gasteiger partial charge in [-0.1, -0.05) is 24.3 Å². The van der Waals surface area contributed by atoms with Crippen molar-refractivity contribution in [3.05, 3.63) is 78.0 Å². The number of allylic oxidation sites excluding steroid dienone is 1. The van der Waals surface area contributed by atoms with E-state index in [9.17, 15) is 9.59 Å². The summed E-state index contributed by atoms with van der Waals surface area (Å²) in [5.74, 6) is -0.712. The summed E-state index contributed by atoms with van der Waals surface area (Å²) in [5, 5.41) is 11.7. The molecule has 9 nitrogen and oxygen atoms in total. The van der Waals surface area contributed by atoms with Crippen LogP contribution in [0.5, 0.6) is 0 Å². The van der Waals surface area contributed by atoms with Crippen LogP contribution in [0.15, 0.2) is 65.5 Å². The number of carboxylic acids is 1. The number of carbonyl (C=O) groups is 2. The standard InChI is InChI=1S/C28H33N3O6/c1-35-17-18-36-16-6-15-30-27(34)25-20-37-28(31-25)22-12-10-21(11-13-22)24(23-7-5-14-29-19-23)8-3-2-4-9-26(32)33/h5,7-8,10-14,19-20H,2-4,6,9,15-18H2,1H3,(H,30,34)(H,32,33). The quantitative estimate of drug-likeness (QED) is 0.270. The molecule has 0 spiro atoms. The lowest BCUT2D eigenvalue weighted by molar-refractivity contribution is -0.137. The van der Waals surface area contributed by atoms with Gasteiger partial charge in [-0.05, 0) is 55.0 Å². The van der Waals surface area contributed by atoms with E-state index in [2.05, 4.69) is 21.4 Å². The van der Waals surface area contributed by atoms with Gasteiger partial charge >= 0.3 is 5.97 Å². The minimum Gasteiger partial charge on any atom is -0.481 e. The number of amides is 1. The molecule has 9 heteroatoms. The number of aromatic nitrogens is 2. The van der Waals surface area contributed by atoms with Gasteiger partial charge in [0.15, 0.2) is 5.69 Å². The Hall–Kier alpha value is -3.82. The highest BCUT2D eigenvalue weighted by Gasteiger charge is 2.14. The zero-order valence-electron chi connectivity index (χ0n) is 21.0. The Kier molecular flexibility index (Phi) is 11.5. The fraction of sp³-hybridized carbons (Fsp3) is 0.357. The lowest BCUT2D eigenvalue weighted by Crippen LogP contribution is -2.25. The van der Waals surface area contributed by atoms with E-state index >= 15 is 0 Å². The Bertz CT molecular complexity index is 1140. The van der Waals surface area contributed by atoms with Gasteiger partial charge in [0, 0.05) is 50.2 Å². The number of methoxy groups -OCH3 is 1. The second-order valence-electron chi connectivity index (χ2n) is 8.33. The first kappa shape index (κ1) is 27.8. The first-order chi connectivity index (χ1) is 18.1. The minimum atomic E-state index is -0.775. The third-order valence-electron chi connectivity index (χ3n) is 5.53. The summed E-state index contributed by atoms with van der Waals surface area (Å²) in [6, 6.07) is 11.6. The van der Waals surface area contributed by atoms with Gasteiger partial charge in [0.25, 0.3) is 5.91 Å². The highest BCUT2D eigenvalue weighted by molar-refractivity contribution is 5.92. The molecule has 37 heavy (non-hydrogen) atoms. The maximum Gasteiger partial charge on any atom is 0.303 e. The van der Waals surface area contributed by atoms with E-state index in [1.54, 1.807) is 13.3 Å². The van der Waals surface area contributed by atoms with Gasteiger partial charge in [0.05, 0.1) is 13.2 Å². The summed E-state index contributed by atoms with van der Waals surface area (Å²) >= 11 is 0. The Balaban J connectivity index is 1.61. The van der Waals surface area contributed by atoms with Crippen molar-refractivity contribution < 1.29 is 28.6 Å². The van der Waals surface area contributed by atoms with Crippen LogP contribution in [0.2, 0.25) is 0 Å². The third-order valence-corrected chi connectivity index (χ3v) is 5.53. The molecule has 0 saturated heterocycles. The number of hydrogen-bond donors (Lipinski definition) is 2. The van der Waals surface area contributed by atoms with Crippen molar-refractivity contribution in [2.75, 3.05) is 33.5 Å². The number of ether oxygens (including phenoxy) is 2. The number of nitrogens with one attached hydrogen (secondary N) is 1. The average Bonchev–Trinajstić information content (AvgIpc) is 3.41. The van der Waals surface area contributed by atoms with E-state index < -0.39 is 5.97 Å². The summed E-state index contributed by atoms with van der Waals surface area (Å²) in [6.45, 7) is 2.09. The molecule has 0 saturated carbocycles. The van der Waals surface area contributed by atoms with Gasteiger partial charge in [0.1, 0.15) is 6.26 Å². The molecule has 0 aliphatic carbocycles. The first-order valence-electron chi connectivity index (χ1n) is 12.3. The molecule has 196 valence electrons. The third kappa shape index (κ3) is 9.29. The van der Waals surface area contributed by atoms with Crippen LogP contribution in [0, 0.1) is 0 Å². The largest absolute Gasteiger partial charge is 0.481 e. The Morgan fingerprint density at radius 2 is 1.89 bits per heavy atom. The average molecular weight is 508 g/mol. The SMILES string of the molecule is COCCOCCCNC(=O)c1coc(-c2ccc(C(=CCCCCC(=O)O)c3cccnc3)cc2)n1. The molecule has 1 aromatic carbocycles. The number of aliphatic carboxylic acids is 1. The molecule has 0 unspecified atom stereocenters. The monoisotopic (exact) mass is 507 g/mol. The highest BCUT2D eigenvalue weighted by atomic mass is 16.5. The van der Waals surface area contributed by atoms with Crippen LogP contribution in [-0.4, -0.2) is 60.4 Å². The Morgan fingerprint density at radius 3 is 2.62 bits per heavy atom. The molecular formula is C28H33N3O6. The zero-order chi connectivity index (χ0) is 26.3. The molecule has 2 N–H and O–H groups in total. The molecule has 2 heterocycles. The topological polar surface area (TPSA) is 124 Å². The van der Waals surface area contributed by atoms with E-state index in [1.807, 2.05) is 42.6 Å². The predicted octanol–water partition coefficient (Wildman–Crippen LogP) is 4.60. The van der Waals surface area contributed by atoms with E-state index in [-0.39, 0.29) is 18.0 Å². The number of carbonyl (C=O) groups excluding carboxylic acids is 1. The summed E-state index contributed by atoms with van der Waals surface area (Å²) in [4.78, 5) is 31.7. The summed E-state index contributed by atoms with van der Waals surface area (Å²) in [6.07, 6.45) is 10.0. The number of unbranched alkanes of at least 4 members (excludes halogenated alkanes) is 2. The Morgan fingerprint density at radius 1 is 1.05 bits per heavy atom. The normalized spacial score (nSPS) is 11.4. The van der Waals surface area contributed by atoms with Crippen LogP contribution in [0.3, 0.4) is 0 Å². The molecule has 0 fully saturated rings. The number of oxazole rings is 1. The van der Waals surface area contributed by atoms with Crippen molar-refractivity contribution in [3.8, 4) is 11.5 Å². The molecule has 0 aliphatic heterocycles. The smallest absolute Gasteiger partial charge is 0.303 e. The van der Waals surface area contributed by atoms with Crippen LogP contribution >= 0.6 is 0 Å². The number of carboxylic acid groups (broad SMARTS) is 1. The molecule has 2 aromatic heterocycles. The zero-order valence-corrected chi connectivity index (χ0v) is 21.0. The van der Waals surface area contributed by atoms with Gasteiger partial charge in [-0.25, -0.2) is 4.98 Å². The Labute approximate surface area is 216 Å². The summed E-state index contributed by atoms with van der Waals surface area (Å²) < 4.78 is 15.9. The molecule has 3 aromatic rings. The second-order valence-corrected chi connectivity index (χ2v) is 8.33. The van der Waals surface area contributed by atoms with Crippen LogP contribution in [-0.2, 0) is 14.3 Å². The lowest BCUT2D eigenvalue weighted by atomic mass is 9.96. The molecule has 0 aliphatic rings. The molecule has 0 radical (unpaired) electrons. The van der Waals surface area contributed by atoms with Gasteiger partial charge in [-0.3, -0.25) is 14.6 Å². The number of hydrogen-bond acceptors (Lipinski definition) is 7. The summed E-state index contributed by atoms with van der Waals surface area (Å²) in [5.41, 5.74) is 3.96. The van der Waals surface area contributed by atoms with Crippen molar-refractivity contribution in [1.29, 1.82) is 0 Å². The van der Waals surface area contributed by atoms with Crippen molar-refractivity contribution in [1.82, 2.24) is 15.3 Å². The van der Waals surface area contributed by atoms with Crippen LogP contribution in [0.1, 0.15) is 53.7 Å². The van der Waals surface area contributed by atoms with E-state index in [0.29, 0.717) is 45.1 Å². The van der Waals surface area contributed by atoms with Crippen molar-refractivity contribution >= 4 is 17.4 Å². The van der Waals surface area contributed by atoms with Gasteiger partial charge in [0.2, 0.25) is 5.89 Å². The van der Waals surface area contributed by atoms with Crippen LogP contribution in [0.25, 0.3) is 17.0 Å². The fourth-order valence-corrected chi connectivity index (χ4v) is 3.61. The molecule has 0 bridgehead atoms. The van der Waals surface area contributed by atoms with E-state index in [0.717, 1.165) is 35.1 Å². The van der Waals surface area contributed by atoms with Crippen molar-refractivity contribution in [3.63, 3.8) is 0 Å². The van der Waals surface area contributed by atoms with Gasteiger partial charge < -0.3 is 24.3 Å². The van der Waals surface area contributed by atoms with Gasteiger partial charge in [-0.2, -0.15) is 0 Å². The van der Waals surface area contributed by atoms with E-state index in [4.69, 9.17) is 19.0 Å². The minimum absolute atomic E-state index is 0.171. The first-order valence-corrected chi connectivity index (χ1v) is 12.3. The van der Waals surface area contributed by atoms with Crippen molar-refractivity contribution in [2.24, 2.45) is 0 Å². The maximum absolute atomic E-state index is 12.4. The number of pyridine rings is 1. The number of nitrogens with zero attached hydrogens (tertiary/aromatic N) is 2. The predicted molar refractivity (Wildman–Crippen MR) is 139 cm³/mol. The molecule has 0 atom stereocenters. The maximum atomic E-state index is 12.4. The fourth-order valence-electron chi connectivity index (χ4n) is 3.61. The molecule has 1 amide bonds. The molecular weight excluding hydrogens is 474 g/mol. The molecule has 3 rings (SSSR count). The number of rotatable bonds is 16. The van der Waals surface area contributed by atoms with Crippen molar-refractivity contribution in [2.45, 2.75) is 32.1 Å². The number of benzene rings is 1. The van der Waals surface area contributed by atoms with Gasteiger partial charge in [-0.15, -0.1) is 0 Å². The van der Waals surface area contributed by atoms with E-state index in [1.165, 1.54) is 6.26 Å². The lowest BCUT2D eigenvalue weighted by Gasteiger charge is -2.09. The van der Waals surface area contributed by atoms with Crippen LogP contribution in [0.4, 0.5) is 0 Å². The summed E-state index contributed by atoms with van der Waals surface area (Å²) in [7, 11) is 1.62. The van der Waals surface area contributed by atoms with Crippen LogP contribution < -0.4 is 5.32 Å². The highest BCUT2D eigenvalue weighted by Crippen LogP contribution is 2.27. The second kappa shape index (κ2) is 15.3.